The monoisotopic (exact) mass is 285 g/mol. The van der Waals surface area contributed by atoms with Gasteiger partial charge in [0, 0.05) is 16.2 Å². The molecule has 0 aromatic carbocycles. The van der Waals surface area contributed by atoms with Gasteiger partial charge in [-0.15, -0.1) is 0 Å². The van der Waals surface area contributed by atoms with Gasteiger partial charge in [-0.25, -0.2) is 13.8 Å². The van der Waals surface area contributed by atoms with Crippen molar-refractivity contribution in [3.05, 3.63) is 26.9 Å². The van der Waals surface area contributed by atoms with E-state index in [4.69, 9.17) is 0 Å². The van der Waals surface area contributed by atoms with Crippen molar-refractivity contribution in [3.8, 4) is 0 Å². The molecule has 1 nitrogen and oxygen atoms in total. The van der Waals surface area contributed by atoms with Crippen molar-refractivity contribution in [3.63, 3.8) is 0 Å². The van der Waals surface area contributed by atoms with Gasteiger partial charge in [-0.3, -0.25) is 0 Å². The third-order valence-corrected chi connectivity index (χ3v) is 2.18. The fourth-order valence-electron chi connectivity index (χ4n) is 0.595. The van der Waals surface area contributed by atoms with Gasteiger partial charge in [0.15, 0.2) is 0 Å². The molecule has 0 saturated heterocycles. The largest absolute Gasteiger partial charge is 0.265 e. The van der Waals surface area contributed by atoms with Crippen LogP contribution in [0.3, 0.4) is 0 Å². The molecule has 0 aliphatic rings. The molecule has 0 aliphatic heterocycles. The molecule has 11 heavy (non-hydrogen) atoms. The van der Waals surface area contributed by atoms with Crippen LogP contribution >= 0.6 is 31.9 Å². The summed E-state index contributed by atoms with van der Waals surface area (Å²) in [4.78, 5) is 3.76. The van der Waals surface area contributed by atoms with E-state index in [0.29, 0.717) is 9.08 Å². The molecule has 1 heterocycles. The predicted molar refractivity (Wildman–Crippen MR) is 44.6 cm³/mol. The summed E-state index contributed by atoms with van der Waals surface area (Å²) in [5, 5.41) is 0. The average Bonchev–Trinajstić information content (AvgIpc) is 1.94. The summed E-state index contributed by atoms with van der Waals surface area (Å²) >= 11 is 5.97. The number of hydrogen-bond donors (Lipinski definition) is 0. The Kier molecular flexibility index (Phi) is 2.95. The molecule has 1 aromatic heterocycles. The lowest BCUT2D eigenvalue weighted by atomic mass is 10.3. The zero-order chi connectivity index (χ0) is 8.43. The molecule has 0 spiro atoms. The number of alkyl halides is 2. The summed E-state index contributed by atoms with van der Waals surface area (Å²) in [6.07, 6.45) is -1.13. The molecule has 0 aliphatic carbocycles. The second kappa shape index (κ2) is 3.58. The fourth-order valence-corrected chi connectivity index (χ4v) is 1.33. The van der Waals surface area contributed by atoms with Crippen LogP contribution in [-0.2, 0) is 0 Å². The van der Waals surface area contributed by atoms with E-state index in [1.54, 1.807) is 0 Å². The van der Waals surface area contributed by atoms with E-state index in [9.17, 15) is 8.78 Å². The van der Waals surface area contributed by atoms with E-state index < -0.39 is 6.43 Å². The number of nitrogens with zero attached hydrogens (tertiary/aromatic N) is 1. The molecule has 0 atom stereocenters. The first kappa shape index (κ1) is 9.06. The molecule has 0 radical (unpaired) electrons. The van der Waals surface area contributed by atoms with Gasteiger partial charge in [0.05, 0.1) is 0 Å². The van der Waals surface area contributed by atoms with Gasteiger partial charge in [0.25, 0.3) is 6.43 Å². The van der Waals surface area contributed by atoms with Crippen molar-refractivity contribution >= 4 is 31.9 Å². The lowest BCUT2D eigenvalue weighted by molar-refractivity contribution is 0.150. The number of pyridine rings is 1. The molecular formula is C6H3Br2F2N. The second-order valence-corrected chi connectivity index (χ2v) is 3.50. The molecule has 0 bridgehead atoms. The van der Waals surface area contributed by atoms with Gasteiger partial charge in [-0.1, -0.05) is 0 Å². The Hall–Kier alpha value is -0.0300. The van der Waals surface area contributed by atoms with Gasteiger partial charge in [-0.05, 0) is 37.9 Å². The van der Waals surface area contributed by atoms with Crippen LogP contribution < -0.4 is 0 Å². The zero-order valence-corrected chi connectivity index (χ0v) is 8.36. The fraction of sp³-hybridized carbons (Fsp3) is 0.167. The molecule has 60 valence electrons. The quantitative estimate of drug-likeness (QED) is 0.720. The molecule has 0 unspecified atom stereocenters. The maximum Gasteiger partial charge on any atom is 0.265 e. The Morgan fingerprint density at radius 1 is 1.36 bits per heavy atom. The lowest BCUT2D eigenvalue weighted by Gasteiger charge is -2.01. The summed E-state index contributed by atoms with van der Waals surface area (Å²) in [5.41, 5.74) is -0.0492. The molecule has 0 saturated carbocycles. The normalized spacial score (nSPS) is 10.6. The van der Waals surface area contributed by atoms with Gasteiger partial charge in [-0.2, -0.15) is 0 Å². The van der Waals surface area contributed by atoms with Crippen LogP contribution in [-0.4, -0.2) is 4.98 Å². The lowest BCUT2D eigenvalue weighted by Crippen LogP contribution is -1.87. The standard InChI is InChI=1S/C6H3Br2F2N/c7-4-2-11-5(8)1-3(4)6(9)10/h1-2,6H. The molecule has 0 fully saturated rings. The SMILES string of the molecule is FC(F)c1cc(Br)ncc1Br. The van der Waals surface area contributed by atoms with Crippen LogP contribution in [0.5, 0.6) is 0 Å². The first-order valence-corrected chi connectivity index (χ1v) is 4.29. The molecule has 1 aromatic rings. The second-order valence-electron chi connectivity index (χ2n) is 1.83. The van der Waals surface area contributed by atoms with E-state index in [0.717, 1.165) is 0 Å². The maximum absolute atomic E-state index is 12.1. The van der Waals surface area contributed by atoms with Gasteiger partial charge in [0.1, 0.15) is 4.60 Å². The first-order chi connectivity index (χ1) is 5.11. The number of halogens is 4. The van der Waals surface area contributed by atoms with Crippen molar-refractivity contribution < 1.29 is 8.78 Å². The van der Waals surface area contributed by atoms with Crippen molar-refractivity contribution in [1.82, 2.24) is 4.98 Å². The summed E-state index contributed by atoms with van der Waals surface area (Å²) in [7, 11) is 0. The molecule has 5 heteroatoms. The minimum atomic E-state index is -2.47. The van der Waals surface area contributed by atoms with Crippen molar-refractivity contribution in [2.75, 3.05) is 0 Å². The highest BCUT2D eigenvalue weighted by molar-refractivity contribution is 9.11. The summed E-state index contributed by atoms with van der Waals surface area (Å²) in [6, 6.07) is 1.29. The minimum Gasteiger partial charge on any atom is -0.248 e. The van der Waals surface area contributed by atoms with Crippen LogP contribution in [0.1, 0.15) is 12.0 Å². The Morgan fingerprint density at radius 2 is 2.00 bits per heavy atom. The van der Waals surface area contributed by atoms with Crippen LogP contribution in [0, 0.1) is 0 Å². The van der Waals surface area contributed by atoms with Crippen LogP contribution in [0.15, 0.2) is 21.3 Å². The maximum atomic E-state index is 12.1. The van der Waals surface area contributed by atoms with Crippen LogP contribution in [0.2, 0.25) is 0 Å². The van der Waals surface area contributed by atoms with Gasteiger partial charge in [0.2, 0.25) is 0 Å². The van der Waals surface area contributed by atoms with E-state index >= 15 is 0 Å². The highest BCUT2D eigenvalue weighted by Crippen LogP contribution is 2.28. The van der Waals surface area contributed by atoms with E-state index in [-0.39, 0.29) is 5.56 Å². The third kappa shape index (κ3) is 2.20. The average molecular weight is 287 g/mol. The Balaban J connectivity index is 3.13. The Labute approximate surface area is 79.1 Å². The highest BCUT2D eigenvalue weighted by atomic mass is 79.9. The predicted octanol–water partition coefficient (Wildman–Crippen LogP) is 3.54. The summed E-state index contributed by atoms with van der Waals surface area (Å²) < 4.78 is 25.0. The van der Waals surface area contributed by atoms with Gasteiger partial charge >= 0.3 is 0 Å². The van der Waals surface area contributed by atoms with E-state index in [2.05, 4.69) is 36.8 Å². The summed E-state index contributed by atoms with van der Waals surface area (Å²) in [6.45, 7) is 0. The number of aromatic nitrogens is 1. The zero-order valence-electron chi connectivity index (χ0n) is 5.19. The Bertz CT molecular complexity index is 265. The topological polar surface area (TPSA) is 12.9 Å². The molecular weight excluding hydrogens is 284 g/mol. The Morgan fingerprint density at radius 3 is 2.45 bits per heavy atom. The minimum absolute atomic E-state index is 0.0492. The van der Waals surface area contributed by atoms with E-state index in [1.807, 2.05) is 0 Å². The van der Waals surface area contributed by atoms with E-state index in [1.165, 1.54) is 12.3 Å². The number of rotatable bonds is 1. The third-order valence-electron chi connectivity index (χ3n) is 1.09. The highest BCUT2D eigenvalue weighted by Gasteiger charge is 2.11. The van der Waals surface area contributed by atoms with Crippen LogP contribution in [0.4, 0.5) is 8.78 Å². The molecule has 1 rings (SSSR count). The van der Waals surface area contributed by atoms with Crippen LogP contribution in [0.25, 0.3) is 0 Å². The van der Waals surface area contributed by atoms with Crippen molar-refractivity contribution in [2.45, 2.75) is 6.43 Å². The van der Waals surface area contributed by atoms with Crippen molar-refractivity contribution in [2.24, 2.45) is 0 Å². The summed E-state index contributed by atoms with van der Waals surface area (Å²) in [5.74, 6) is 0. The van der Waals surface area contributed by atoms with Crippen molar-refractivity contribution in [1.29, 1.82) is 0 Å². The molecule has 0 amide bonds. The van der Waals surface area contributed by atoms with Gasteiger partial charge < -0.3 is 0 Å². The first-order valence-electron chi connectivity index (χ1n) is 2.70. The molecule has 0 N–H and O–H groups in total. The number of hydrogen-bond acceptors (Lipinski definition) is 1. The smallest absolute Gasteiger partial charge is 0.248 e.